The van der Waals surface area contributed by atoms with Gasteiger partial charge in [0.1, 0.15) is 0 Å². The van der Waals surface area contributed by atoms with Crippen molar-refractivity contribution in [1.29, 1.82) is 0 Å². The van der Waals surface area contributed by atoms with Gasteiger partial charge in [0, 0.05) is 23.6 Å². The standard InChI is InChI=1S/C22H19N5O2S/c1-14-19(12-23-27(14)18-6-4-3-5-7-18)21(29)26-22-25-20(13-30-22)16-8-10-17(11-9-16)24-15(2)28/h3-13H,1-2H3,(H,24,28)(H,25,26,29). The topological polar surface area (TPSA) is 88.9 Å². The van der Waals surface area contributed by atoms with Gasteiger partial charge in [-0.3, -0.25) is 14.9 Å². The van der Waals surface area contributed by atoms with Crippen molar-refractivity contribution >= 4 is 34.0 Å². The molecule has 30 heavy (non-hydrogen) atoms. The molecule has 8 heteroatoms. The van der Waals surface area contributed by atoms with Crippen LogP contribution in [0.1, 0.15) is 23.0 Å². The first kappa shape index (κ1) is 19.5. The number of nitrogens with one attached hydrogen (secondary N) is 2. The Morgan fingerprint density at radius 2 is 1.73 bits per heavy atom. The van der Waals surface area contributed by atoms with Gasteiger partial charge in [0.2, 0.25) is 5.91 Å². The van der Waals surface area contributed by atoms with Crippen LogP contribution in [-0.4, -0.2) is 26.6 Å². The zero-order valence-electron chi connectivity index (χ0n) is 16.4. The molecule has 0 spiro atoms. The number of nitrogens with zero attached hydrogens (tertiary/aromatic N) is 3. The van der Waals surface area contributed by atoms with E-state index >= 15 is 0 Å². The maximum Gasteiger partial charge on any atom is 0.260 e. The second-order valence-corrected chi connectivity index (χ2v) is 7.50. The number of hydrogen-bond donors (Lipinski definition) is 2. The third-order valence-electron chi connectivity index (χ3n) is 4.48. The lowest BCUT2D eigenvalue weighted by Crippen LogP contribution is -2.13. The monoisotopic (exact) mass is 417 g/mol. The summed E-state index contributed by atoms with van der Waals surface area (Å²) in [6.07, 6.45) is 1.56. The normalized spacial score (nSPS) is 10.6. The summed E-state index contributed by atoms with van der Waals surface area (Å²) < 4.78 is 1.73. The van der Waals surface area contributed by atoms with Gasteiger partial charge in [0.15, 0.2) is 5.13 Å². The van der Waals surface area contributed by atoms with E-state index in [9.17, 15) is 9.59 Å². The highest BCUT2D eigenvalue weighted by Crippen LogP contribution is 2.26. The van der Waals surface area contributed by atoms with Gasteiger partial charge in [-0.25, -0.2) is 9.67 Å². The molecule has 0 saturated carbocycles. The molecule has 2 amide bonds. The molecule has 2 N–H and O–H groups in total. The van der Waals surface area contributed by atoms with E-state index < -0.39 is 0 Å². The number of para-hydroxylation sites is 1. The van der Waals surface area contributed by atoms with E-state index in [0.29, 0.717) is 10.7 Å². The zero-order chi connectivity index (χ0) is 21.1. The molecule has 0 saturated heterocycles. The van der Waals surface area contributed by atoms with E-state index in [2.05, 4.69) is 20.7 Å². The number of aromatic nitrogens is 3. The molecule has 0 bridgehead atoms. The summed E-state index contributed by atoms with van der Waals surface area (Å²) in [5.41, 5.74) is 4.52. The first-order valence-corrected chi connectivity index (χ1v) is 10.1. The van der Waals surface area contributed by atoms with Crippen molar-refractivity contribution in [3.8, 4) is 16.9 Å². The summed E-state index contributed by atoms with van der Waals surface area (Å²) in [6.45, 7) is 3.33. The Hall–Kier alpha value is -3.78. The van der Waals surface area contributed by atoms with Crippen LogP contribution < -0.4 is 10.6 Å². The molecule has 4 aromatic rings. The average Bonchev–Trinajstić information content (AvgIpc) is 3.35. The fraction of sp³-hybridized carbons (Fsp3) is 0.0909. The fourth-order valence-electron chi connectivity index (χ4n) is 3.02. The quantitative estimate of drug-likeness (QED) is 0.500. The van der Waals surface area contributed by atoms with E-state index in [-0.39, 0.29) is 11.8 Å². The fourth-order valence-corrected chi connectivity index (χ4v) is 3.73. The number of hydrogen-bond acceptors (Lipinski definition) is 5. The van der Waals surface area contributed by atoms with Crippen molar-refractivity contribution in [2.24, 2.45) is 0 Å². The molecule has 0 radical (unpaired) electrons. The third-order valence-corrected chi connectivity index (χ3v) is 5.24. The first-order valence-electron chi connectivity index (χ1n) is 9.26. The van der Waals surface area contributed by atoms with E-state index in [0.717, 1.165) is 28.3 Å². The van der Waals surface area contributed by atoms with Gasteiger partial charge in [-0.2, -0.15) is 5.10 Å². The summed E-state index contributed by atoms with van der Waals surface area (Å²) in [4.78, 5) is 28.4. The van der Waals surface area contributed by atoms with Crippen molar-refractivity contribution in [1.82, 2.24) is 14.8 Å². The summed E-state index contributed by atoms with van der Waals surface area (Å²) in [5, 5.41) is 12.3. The SMILES string of the molecule is CC(=O)Nc1ccc(-c2csc(NC(=O)c3cnn(-c4ccccc4)c3C)n2)cc1. The molecule has 150 valence electrons. The zero-order valence-corrected chi connectivity index (χ0v) is 17.2. The van der Waals surface area contributed by atoms with E-state index in [1.54, 1.807) is 10.9 Å². The largest absolute Gasteiger partial charge is 0.326 e. The first-order chi connectivity index (χ1) is 14.5. The molecule has 0 atom stereocenters. The minimum absolute atomic E-state index is 0.118. The Bertz CT molecular complexity index is 1200. The van der Waals surface area contributed by atoms with Crippen LogP contribution in [0.4, 0.5) is 10.8 Å². The lowest BCUT2D eigenvalue weighted by molar-refractivity contribution is -0.114. The van der Waals surface area contributed by atoms with Crippen LogP contribution in [0.25, 0.3) is 16.9 Å². The summed E-state index contributed by atoms with van der Waals surface area (Å²) >= 11 is 1.35. The predicted molar refractivity (Wildman–Crippen MR) is 118 cm³/mol. The van der Waals surface area contributed by atoms with Crippen LogP contribution in [0.3, 0.4) is 0 Å². The van der Waals surface area contributed by atoms with Crippen LogP contribution in [0.5, 0.6) is 0 Å². The average molecular weight is 417 g/mol. The number of rotatable bonds is 5. The summed E-state index contributed by atoms with van der Waals surface area (Å²) in [6, 6.07) is 17.0. The molecular weight excluding hydrogens is 398 g/mol. The predicted octanol–water partition coefficient (Wildman–Crippen LogP) is 4.51. The number of thiazole rings is 1. The van der Waals surface area contributed by atoms with Crippen LogP contribution in [0, 0.1) is 6.92 Å². The molecule has 7 nitrogen and oxygen atoms in total. The second-order valence-electron chi connectivity index (χ2n) is 6.64. The van der Waals surface area contributed by atoms with Crippen LogP contribution in [-0.2, 0) is 4.79 Å². The van der Waals surface area contributed by atoms with E-state index in [1.807, 2.05) is 66.9 Å². The number of amides is 2. The van der Waals surface area contributed by atoms with Crippen molar-refractivity contribution in [2.75, 3.05) is 10.6 Å². The third kappa shape index (κ3) is 4.13. The number of anilines is 2. The van der Waals surface area contributed by atoms with Crippen molar-refractivity contribution in [2.45, 2.75) is 13.8 Å². The Labute approximate surface area is 177 Å². The van der Waals surface area contributed by atoms with Crippen LogP contribution >= 0.6 is 11.3 Å². The van der Waals surface area contributed by atoms with Gasteiger partial charge in [-0.05, 0) is 31.2 Å². The van der Waals surface area contributed by atoms with Gasteiger partial charge in [-0.15, -0.1) is 11.3 Å². The summed E-state index contributed by atoms with van der Waals surface area (Å²) in [5.74, 6) is -0.371. The molecule has 2 aromatic heterocycles. The molecule has 0 unspecified atom stereocenters. The molecule has 0 aliphatic heterocycles. The molecule has 2 aromatic carbocycles. The molecule has 2 heterocycles. The molecular formula is C22H19N5O2S. The molecule has 4 rings (SSSR count). The Balaban J connectivity index is 1.48. The van der Waals surface area contributed by atoms with Crippen molar-refractivity contribution in [3.05, 3.63) is 77.4 Å². The van der Waals surface area contributed by atoms with Gasteiger partial charge >= 0.3 is 0 Å². The number of carbonyl (C=O) groups excluding carboxylic acids is 2. The Kier molecular flexibility index (Phi) is 5.40. The number of carbonyl (C=O) groups is 2. The minimum Gasteiger partial charge on any atom is -0.326 e. The molecule has 0 aliphatic carbocycles. The minimum atomic E-state index is -0.253. The van der Waals surface area contributed by atoms with Crippen molar-refractivity contribution < 1.29 is 9.59 Å². The van der Waals surface area contributed by atoms with Gasteiger partial charge in [-0.1, -0.05) is 30.3 Å². The second kappa shape index (κ2) is 8.30. The highest BCUT2D eigenvalue weighted by Gasteiger charge is 2.17. The van der Waals surface area contributed by atoms with E-state index in [4.69, 9.17) is 0 Å². The highest BCUT2D eigenvalue weighted by atomic mass is 32.1. The van der Waals surface area contributed by atoms with Gasteiger partial charge < -0.3 is 5.32 Å². The van der Waals surface area contributed by atoms with Gasteiger partial charge in [0.25, 0.3) is 5.91 Å². The van der Waals surface area contributed by atoms with Crippen LogP contribution in [0.15, 0.2) is 66.2 Å². The summed E-state index contributed by atoms with van der Waals surface area (Å²) in [7, 11) is 0. The Morgan fingerprint density at radius 3 is 2.43 bits per heavy atom. The molecule has 0 fully saturated rings. The highest BCUT2D eigenvalue weighted by molar-refractivity contribution is 7.14. The van der Waals surface area contributed by atoms with Gasteiger partial charge in [0.05, 0.1) is 28.8 Å². The number of benzene rings is 2. The Morgan fingerprint density at radius 1 is 1.00 bits per heavy atom. The van der Waals surface area contributed by atoms with Crippen molar-refractivity contribution in [3.63, 3.8) is 0 Å². The maximum absolute atomic E-state index is 12.7. The maximum atomic E-state index is 12.7. The lowest BCUT2D eigenvalue weighted by atomic mass is 10.1. The molecule has 0 aliphatic rings. The lowest BCUT2D eigenvalue weighted by Gasteiger charge is -2.05. The smallest absolute Gasteiger partial charge is 0.260 e. The van der Waals surface area contributed by atoms with Crippen LogP contribution in [0.2, 0.25) is 0 Å². The van der Waals surface area contributed by atoms with E-state index in [1.165, 1.54) is 18.3 Å².